The van der Waals surface area contributed by atoms with E-state index in [2.05, 4.69) is 4.98 Å². The Labute approximate surface area is 78.3 Å². The van der Waals surface area contributed by atoms with Crippen molar-refractivity contribution >= 4 is 22.7 Å². The van der Waals surface area contributed by atoms with E-state index in [1.807, 2.05) is 0 Å². The van der Waals surface area contributed by atoms with Gasteiger partial charge in [-0.2, -0.15) is 0 Å². The topological polar surface area (TPSA) is 52.0 Å². The Morgan fingerprint density at radius 1 is 1.54 bits per heavy atom. The van der Waals surface area contributed by atoms with Gasteiger partial charge in [-0.05, 0) is 0 Å². The lowest BCUT2D eigenvalue weighted by atomic mass is 10.3. The van der Waals surface area contributed by atoms with Crippen LogP contribution in [0.2, 0.25) is 5.02 Å². The summed E-state index contributed by atoms with van der Waals surface area (Å²) in [5.74, 6) is -0.136. The Hall–Kier alpha value is -1.13. The second kappa shape index (κ2) is 2.97. The lowest BCUT2D eigenvalue weighted by molar-refractivity contribution is 0.533. The first-order valence-corrected chi connectivity index (χ1v) is 4.03. The average molecular weight is 201 g/mol. The molecule has 0 fully saturated rings. The number of aromatic nitrogens is 1. The van der Waals surface area contributed by atoms with Gasteiger partial charge in [0, 0.05) is 12.1 Å². The van der Waals surface area contributed by atoms with E-state index in [4.69, 9.17) is 21.8 Å². The second-order valence-electron chi connectivity index (χ2n) is 2.55. The van der Waals surface area contributed by atoms with Gasteiger partial charge in [0.1, 0.15) is 11.3 Å². The number of fused-ring (bicyclic) bond motifs is 1. The molecule has 0 aliphatic rings. The Morgan fingerprint density at radius 2 is 2.31 bits per heavy atom. The van der Waals surface area contributed by atoms with Crippen molar-refractivity contribution in [1.29, 1.82) is 0 Å². The maximum atomic E-state index is 12.9. The van der Waals surface area contributed by atoms with E-state index in [9.17, 15) is 4.39 Å². The molecular weight excluding hydrogens is 195 g/mol. The van der Waals surface area contributed by atoms with Crippen molar-refractivity contribution < 1.29 is 8.81 Å². The molecule has 0 bridgehead atoms. The van der Waals surface area contributed by atoms with Crippen LogP contribution >= 0.6 is 11.6 Å². The molecule has 2 rings (SSSR count). The summed E-state index contributed by atoms with van der Waals surface area (Å²) in [6.45, 7) is 0.188. The number of hydrogen-bond acceptors (Lipinski definition) is 3. The fourth-order valence-electron chi connectivity index (χ4n) is 1.06. The van der Waals surface area contributed by atoms with Gasteiger partial charge < -0.3 is 10.2 Å². The zero-order valence-corrected chi connectivity index (χ0v) is 7.31. The average Bonchev–Trinajstić information content (AvgIpc) is 2.48. The molecule has 68 valence electrons. The summed E-state index contributed by atoms with van der Waals surface area (Å²) in [5, 5.41) is 0.0206. The number of oxazole rings is 1. The van der Waals surface area contributed by atoms with Crippen LogP contribution < -0.4 is 5.73 Å². The van der Waals surface area contributed by atoms with Crippen LogP contribution in [0.25, 0.3) is 11.1 Å². The van der Waals surface area contributed by atoms with E-state index in [-0.39, 0.29) is 11.6 Å². The molecule has 13 heavy (non-hydrogen) atoms. The smallest absolute Gasteiger partial charge is 0.209 e. The van der Waals surface area contributed by atoms with E-state index in [1.165, 1.54) is 12.1 Å². The normalized spacial score (nSPS) is 11.0. The molecule has 0 radical (unpaired) electrons. The number of rotatable bonds is 1. The van der Waals surface area contributed by atoms with Gasteiger partial charge in [-0.15, -0.1) is 0 Å². The zero-order valence-electron chi connectivity index (χ0n) is 6.55. The molecular formula is C8H6ClFN2O. The Bertz CT molecular complexity index is 416. The third-order valence-corrected chi connectivity index (χ3v) is 1.94. The molecule has 0 atom stereocenters. The SMILES string of the molecule is NCc1nc2cc(F)c(Cl)cc2o1. The van der Waals surface area contributed by atoms with Gasteiger partial charge in [0.2, 0.25) is 5.89 Å². The van der Waals surface area contributed by atoms with Gasteiger partial charge >= 0.3 is 0 Å². The van der Waals surface area contributed by atoms with Gasteiger partial charge in [0.25, 0.3) is 0 Å². The van der Waals surface area contributed by atoms with Crippen LogP contribution in [0.4, 0.5) is 4.39 Å². The van der Waals surface area contributed by atoms with Crippen molar-refractivity contribution in [3.05, 3.63) is 28.9 Å². The second-order valence-corrected chi connectivity index (χ2v) is 2.95. The molecule has 1 aromatic carbocycles. The molecule has 0 aliphatic carbocycles. The Morgan fingerprint density at radius 3 is 3.00 bits per heavy atom. The summed E-state index contributed by atoms with van der Waals surface area (Å²) in [5.41, 5.74) is 6.19. The molecule has 0 amide bonds. The fraction of sp³-hybridized carbons (Fsp3) is 0.125. The minimum atomic E-state index is -0.508. The standard InChI is InChI=1S/C8H6ClFN2O/c9-4-1-7-6(2-5(4)10)12-8(3-11)13-7/h1-2H,3,11H2. The summed E-state index contributed by atoms with van der Waals surface area (Å²) in [6, 6.07) is 2.61. The van der Waals surface area contributed by atoms with E-state index < -0.39 is 5.82 Å². The molecule has 0 saturated heterocycles. The maximum absolute atomic E-state index is 12.9. The van der Waals surface area contributed by atoms with Gasteiger partial charge in [-0.25, -0.2) is 9.37 Å². The summed E-state index contributed by atoms with van der Waals surface area (Å²) in [4.78, 5) is 3.94. The minimum Gasteiger partial charge on any atom is -0.439 e. The highest BCUT2D eigenvalue weighted by Gasteiger charge is 2.08. The van der Waals surface area contributed by atoms with Gasteiger partial charge in [0.05, 0.1) is 11.6 Å². The van der Waals surface area contributed by atoms with Crippen LogP contribution in [0.15, 0.2) is 16.5 Å². The lowest BCUT2D eigenvalue weighted by Gasteiger charge is -1.90. The molecule has 3 nitrogen and oxygen atoms in total. The highest BCUT2D eigenvalue weighted by molar-refractivity contribution is 6.31. The van der Waals surface area contributed by atoms with Crippen molar-refractivity contribution in [3.63, 3.8) is 0 Å². The number of nitrogens with zero attached hydrogens (tertiary/aromatic N) is 1. The van der Waals surface area contributed by atoms with Crippen molar-refractivity contribution in [2.45, 2.75) is 6.54 Å². The molecule has 0 aliphatic heterocycles. The molecule has 5 heteroatoms. The van der Waals surface area contributed by atoms with Crippen molar-refractivity contribution in [2.24, 2.45) is 5.73 Å². The van der Waals surface area contributed by atoms with Crippen molar-refractivity contribution in [2.75, 3.05) is 0 Å². The van der Waals surface area contributed by atoms with Crippen LogP contribution in [0.1, 0.15) is 5.89 Å². The Balaban J connectivity index is 2.70. The predicted molar refractivity (Wildman–Crippen MR) is 46.9 cm³/mol. The largest absolute Gasteiger partial charge is 0.439 e. The quantitative estimate of drug-likeness (QED) is 0.767. The van der Waals surface area contributed by atoms with Crippen LogP contribution in [-0.4, -0.2) is 4.98 Å². The first-order valence-electron chi connectivity index (χ1n) is 3.65. The first-order chi connectivity index (χ1) is 6.20. The highest BCUT2D eigenvalue weighted by atomic mass is 35.5. The van der Waals surface area contributed by atoms with Gasteiger partial charge in [0.15, 0.2) is 5.58 Å². The maximum Gasteiger partial charge on any atom is 0.209 e. The number of halogens is 2. The van der Waals surface area contributed by atoms with E-state index in [0.29, 0.717) is 17.0 Å². The molecule has 0 unspecified atom stereocenters. The molecule has 1 heterocycles. The summed E-state index contributed by atoms with van der Waals surface area (Å²) in [6.07, 6.45) is 0. The van der Waals surface area contributed by atoms with Crippen LogP contribution in [0.5, 0.6) is 0 Å². The molecule has 0 saturated carbocycles. The summed E-state index contributed by atoms with van der Waals surface area (Å²) in [7, 11) is 0. The van der Waals surface area contributed by atoms with E-state index in [0.717, 1.165) is 0 Å². The van der Waals surface area contributed by atoms with E-state index in [1.54, 1.807) is 0 Å². The van der Waals surface area contributed by atoms with Crippen molar-refractivity contribution in [3.8, 4) is 0 Å². The predicted octanol–water partition coefficient (Wildman–Crippen LogP) is 2.08. The number of hydrogen-bond donors (Lipinski definition) is 1. The summed E-state index contributed by atoms with van der Waals surface area (Å²) < 4.78 is 18.1. The minimum absolute atomic E-state index is 0.0206. The van der Waals surface area contributed by atoms with Gasteiger partial charge in [-0.3, -0.25) is 0 Å². The first kappa shape index (κ1) is 8.47. The number of benzene rings is 1. The summed E-state index contributed by atoms with van der Waals surface area (Å²) >= 11 is 5.55. The third kappa shape index (κ3) is 1.38. The monoisotopic (exact) mass is 200 g/mol. The molecule has 0 spiro atoms. The Kier molecular flexibility index (Phi) is 1.94. The highest BCUT2D eigenvalue weighted by Crippen LogP contribution is 2.23. The molecule has 2 aromatic rings. The third-order valence-electron chi connectivity index (χ3n) is 1.65. The fourth-order valence-corrected chi connectivity index (χ4v) is 1.21. The number of nitrogens with two attached hydrogens (primary N) is 1. The van der Waals surface area contributed by atoms with Crippen LogP contribution in [0.3, 0.4) is 0 Å². The van der Waals surface area contributed by atoms with Gasteiger partial charge in [-0.1, -0.05) is 11.6 Å². The molecule has 2 N–H and O–H groups in total. The van der Waals surface area contributed by atoms with E-state index >= 15 is 0 Å². The van der Waals surface area contributed by atoms with Crippen LogP contribution in [-0.2, 0) is 6.54 Å². The van der Waals surface area contributed by atoms with Crippen molar-refractivity contribution in [1.82, 2.24) is 4.98 Å². The zero-order chi connectivity index (χ0) is 9.42. The lowest BCUT2D eigenvalue weighted by Crippen LogP contribution is -1.94. The molecule has 1 aromatic heterocycles. The van der Waals surface area contributed by atoms with Crippen LogP contribution in [0, 0.1) is 5.82 Å².